The van der Waals surface area contributed by atoms with Crippen molar-refractivity contribution in [2.75, 3.05) is 0 Å². The fourth-order valence-electron chi connectivity index (χ4n) is 2.28. The van der Waals surface area contributed by atoms with Gasteiger partial charge in [0, 0.05) is 12.0 Å². The average molecular weight is 235 g/mol. The van der Waals surface area contributed by atoms with Crippen LogP contribution in [0, 0.1) is 11.8 Å². The van der Waals surface area contributed by atoms with Gasteiger partial charge in [-0.2, -0.15) is 13.2 Å². The maximum absolute atomic E-state index is 12.5. The third kappa shape index (κ3) is 2.89. The maximum atomic E-state index is 12.5. The highest BCUT2D eigenvalue weighted by molar-refractivity contribution is 5.81. The molecule has 0 aliphatic heterocycles. The van der Waals surface area contributed by atoms with Crippen molar-refractivity contribution in [1.29, 1.82) is 0 Å². The summed E-state index contributed by atoms with van der Waals surface area (Å²) >= 11 is 0. The fraction of sp³-hybridized carbons (Fsp3) is 0.909. The molecular formula is C11H16F3NO. The Kier molecular flexibility index (Phi) is 3.13. The van der Waals surface area contributed by atoms with Crippen molar-refractivity contribution >= 4 is 5.91 Å². The second kappa shape index (κ2) is 4.26. The van der Waals surface area contributed by atoms with E-state index in [4.69, 9.17) is 0 Å². The first-order valence-corrected chi connectivity index (χ1v) is 5.84. The van der Waals surface area contributed by atoms with Gasteiger partial charge in [-0.25, -0.2) is 0 Å². The Morgan fingerprint density at radius 2 is 1.81 bits per heavy atom. The highest BCUT2D eigenvalue weighted by atomic mass is 19.4. The van der Waals surface area contributed by atoms with Crippen LogP contribution in [-0.4, -0.2) is 18.1 Å². The van der Waals surface area contributed by atoms with E-state index in [-0.39, 0.29) is 30.7 Å². The zero-order valence-electron chi connectivity index (χ0n) is 9.02. The second-order valence-corrected chi connectivity index (χ2v) is 4.88. The minimum atomic E-state index is -4.11. The standard InChI is InChI=1S/C11H16F3NO/c12-11(13,14)8-2-1-3-9(6-8)15-10(16)7-4-5-7/h7-9H,1-6H2,(H,15,16). The van der Waals surface area contributed by atoms with Crippen molar-refractivity contribution in [2.45, 2.75) is 50.7 Å². The fourth-order valence-corrected chi connectivity index (χ4v) is 2.28. The van der Waals surface area contributed by atoms with Gasteiger partial charge in [0.2, 0.25) is 5.91 Å². The summed E-state index contributed by atoms with van der Waals surface area (Å²) in [5.41, 5.74) is 0. The minimum Gasteiger partial charge on any atom is -0.353 e. The molecule has 0 bridgehead atoms. The second-order valence-electron chi connectivity index (χ2n) is 4.88. The molecule has 92 valence electrons. The Hall–Kier alpha value is -0.740. The molecule has 2 aliphatic rings. The number of alkyl halides is 3. The molecule has 2 atom stereocenters. The number of amides is 1. The van der Waals surface area contributed by atoms with Crippen molar-refractivity contribution in [1.82, 2.24) is 5.32 Å². The summed E-state index contributed by atoms with van der Waals surface area (Å²) in [5.74, 6) is -1.20. The van der Waals surface area contributed by atoms with Crippen LogP contribution in [-0.2, 0) is 4.79 Å². The van der Waals surface area contributed by atoms with Crippen molar-refractivity contribution in [2.24, 2.45) is 11.8 Å². The van der Waals surface area contributed by atoms with Crippen LogP contribution in [0.2, 0.25) is 0 Å². The highest BCUT2D eigenvalue weighted by Gasteiger charge is 2.43. The Labute approximate surface area is 92.6 Å². The van der Waals surface area contributed by atoms with Crippen LogP contribution in [0.5, 0.6) is 0 Å². The summed E-state index contributed by atoms with van der Waals surface area (Å²) in [6.45, 7) is 0. The Morgan fingerprint density at radius 3 is 2.38 bits per heavy atom. The van der Waals surface area contributed by atoms with Crippen LogP contribution in [0.15, 0.2) is 0 Å². The molecule has 0 aromatic heterocycles. The monoisotopic (exact) mass is 235 g/mol. The Balaban J connectivity index is 1.84. The van der Waals surface area contributed by atoms with Gasteiger partial charge in [0.05, 0.1) is 5.92 Å². The lowest BCUT2D eigenvalue weighted by Crippen LogP contribution is -2.42. The average Bonchev–Trinajstić information content (AvgIpc) is 2.99. The van der Waals surface area contributed by atoms with Crippen molar-refractivity contribution in [3.63, 3.8) is 0 Å². The van der Waals surface area contributed by atoms with Crippen molar-refractivity contribution < 1.29 is 18.0 Å². The van der Waals surface area contributed by atoms with E-state index in [1.165, 1.54) is 0 Å². The van der Waals surface area contributed by atoms with E-state index in [0.717, 1.165) is 12.8 Å². The summed E-state index contributed by atoms with van der Waals surface area (Å²) in [5, 5.41) is 2.74. The first kappa shape index (κ1) is 11.7. The van der Waals surface area contributed by atoms with Gasteiger partial charge in [-0.1, -0.05) is 6.42 Å². The topological polar surface area (TPSA) is 29.1 Å². The summed E-state index contributed by atoms with van der Waals surface area (Å²) < 4.78 is 37.5. The molecule has 1 N–H and O–H groups in total. The molecule has 0 radical (unpaired) electrons. The molecule has 2 aliphatic carbocycles. The first-order valence-electron chi connectivity index (χ1n) is 5.84. The van der Waals surface area contributed by atoms with E-state index >= 15 is 0 Å². The number of carbonyl (C=O) groups excluding carboxylic acids is 1. The number of hydrogen-bond donors (Lipinski definition) is 1. The molecule has 1 amide bonds. The van der Waals surface area contributed by atoms with E-state index in [2.05, 4.69) is 5.32 Å². The predicted octanol–water partition coefficient (Wildman–Crippen LogP) is 2.63. The lowest BCUT2D eigenvalue weighted by atomic mass is 9.85. The third-order valence-corrected chi connectivity index (χ3v) is 3.43. The van der Waals surface area contributed by atoms with Crippen LogP contribution >= 0.6 is 0 Å². The van der Waals surface area contributed by atoms with Gasteiger partial charge >= 0.3 is 6.18 Å². The molecule has 2 fully saturated rings. The highest BCUT2D eigenvalue weighted by Crippen LogP contribution is 2.38. The summed E-state index contributed by atoms with van der Waals surface area (Å²) in [4.78, 5) is 11.4. The summed E-state index contributed by atoms with van der Waals surface area (Å²) in [6, 6.07) is -0.270. The molecule has 2 saturated carbocycles. The predicted molar refractivity (Wildman–Crippen MR) is 52.7 cm³/mol. The van der Waals surface area contributed by atoms with Crippen molar-refractivity contribution in [3.05, 3.63) is 0 Å². The minimum absolute atomic E-state index is 0.0483. The molecule has 0 aromatic rings. The lowest BCUT2D eigenvalue weighted by molar-refractivity contribution is -0.184. The number of rotatable bonds is 2. The number of hydrogen-bond acceptors (Lipinski definition) is 1. The molecule has 0 spiro atoms. The molecular weight excluding hydrogens is 219 g/mol. The van der Waals surface area contributed by atoms with E-state index in [9.17, 15) is 18.0 Å². The number of nitrogens with one attached hydrogen (secondary N) is 1. The Morgan fingerprint density at radius 1 is 1.12 bits per heavy atom. The normalized spacial score (nSPS) is 31.2. The van der Waals surface area contributed by atoms with Crippen LogP contribution in [0.3, 0.4) is 0 Å². The molecule has 2 rings (SSSR count). The quantitative estimate of drug-likeness (QED) is 0.783. The van der Waals surface area contributed by atoms with E-state index < -0.39 is 12.1 Å². The molecule has 2 unspecified atom stereocenters. The largest absolute Gasteiger partial charge is 0.391 e. The van der Waals surface area contributed by atoms with E-state index in [0.29, 0.717) is 12.8 Å². The lowest BCUT2D eigenvalue weighted by Gasteiger charge is -2.31. The third-order valence-electron chi connectivity index (χ3n) is 3.43. The van der Waals surface area contributed by atoms with Gasteiger partial charge in [0.1, 0.15) is 0 Å². The van der Waals surface area contributed by atoms with Gasteiger partial charge in [0.25, 0.3) is 0 Å². The van der Waals surface area contributed by atoms with Crippen molar-refractivity contribution in [3.8, 4) is 0 Å². The smallest absolute Gasteiger partial charge is 0.353 e. The number of carbonyl (C=O) groups is 1. The van der Waals surface area contributed by atoms with Gasteiger partial charge in [-0.05, 0) is 32.1 Å². The molecule has 0 saturated heterocycles. The maximum Gasteiger partial charge on any atom is 0.391 e. The SMILES string of the molecule is O=C(NC1CCCC(C(F)(F)F)C1)C1CC1. The summed E-state index contributed by atoms with van der Waals surface area (Å²) in [6.07, 6.45) is -0.822. The van der Waals surface area contributed by atoms with Gasteiger partial charge < -0.3 is 5.32 Å². The van der Waals surface area contributed by atoms with Crippen LogP contribution in [0.25, 0.3) is 0 Å². The summed E-state index contributed by atoms with van der Waals surface area (Å²) in [7, 11) is 0. The molecule has 0 aromatic carbocycles. The first-order chi connectivity index (χ1) is 7.47. The van der Waals surface area contributed by atoms with Gasteiger partial charge in [0.15, 0.2) is 0 Å². The van der Waals surface area contributed by atoms with Crippen LogP contribution in [0.1, 0.15) is 38.5 Å². The molecule has 5 heteroatoms. The number of halogens is 3. The van der Waals surface area contributed by atoms with Crippen LogP contribution < -0.4 is 5.32 Å². The van der Waals surface area contributed by atoms with E-state index in [1.54, 1.807) is 0 Å². The molecule has 2 nitrogen and oxygen atoms in total. The molecule has 0 heterocycles. The van der Waals surface area contributed by atoms with E-state index in [1.807, 2.05) is 0 Å². The van der Waals surface area contributed by atoms with Crippen LogP contribution in [0.4, 0.5) is 13.2 Å². The molecule has 16 heavy (non-hydrogen) atoms. The van der Waals surface area contributed by atoms with Gasteiger partial charge in [-0.15, -0.1) is 0 Å². The zero-order chi connectivity index (χ0) is 11.8. The van der Waals surface area contributed by atoms with Gasteiger partial charge in [-0.3, -0.25) is 4.79 Å². The zero-order valence-corrected chi connectivity index (χ0v) is 9.02. The Bertz CT molecular complexity index is 273.